The molecule has 0 aromatic rings. The Morgan fingerprint density at radius 3 is 1.08 bits per heavy atom. The van der Waals surface area contributed by atoms with Gasteiger partial charge >= 0.3 is 11.9 Å². The molecule has 0 spiro atoms. The predicted octanol–water partition coefficient (Wildman–Crippen LogP) is 11.7. The van der Waals surface area contributed by atoms with Gasteiger partial charge in [-0.2, -0.15) is 0 Å². The first kappa shape index (κ1) is 36.1. The molecule has 0 N–H and O–H groups in total. The van der Waals surface area contributed by atoms with Crippen molar-refractivity contribution in [2.45, 2.75) is 201 Å². The molecular weight excluding hydrogens is 456 g/mol. The van der Waals surface area contributed by atoms with Crippen molar-refractivity contribution in [1.29, 1.82) is 0 Å². The van der Waals surface area contributed by atoms with E-state index in [1.54, 1.807) is 0 Å². The Labute approximate surface area is 232 Å². The summed E-state index contributed by atoms with van der Waals surface area (Å²) in [5.74, 6) is -0.641. The highest BCUT2D eigenvalue weighted by atomic mass is 16.6. The molecule has 0 bridgehead atoms. The summed E-state index contributed by atoms with van der Waals surface area (Å²) in [4.78, 5) is 25.1. The molecule has 1 atom stereocenters. The highest BCUT2D eigenvalue weighted by Crippen LogP contribution is 2.21. The summed E-state index contributed by atoms with van der Waals surface area (Å²) in [7, 11) is 0. The molecule has 0 aliphatic heterocycles. The molecule has 0 saturated heterocycles. The van der Waals surface area contributed by atoms with Crippen molar-refractivity contribution in [3.05, 3.63) is 0 Å². The molecule has 1 unspecified atom stereocenters. The van der Waals surface area contributed by atoms with Gasteiger partial charge in [0.1, 0.15) is 0 Å². The van der Waals surface area contributed by atoms with Crippen molar-refractivity contribution in [2.24, 2.45) is 5.92 Å². The van der Waals surface area contributed by atoms with Crippen LogP contribution >= 0.6 is 0 Å². The third-order valence-electron chi connectivity index (χ3n) is 7.84. The summed E-state index contributed by atoms with van der Waals surface area (Å²) in [6.45, 7) is 6.74. The molecule has 0 aliphatic carbocycles. The van der Waals surface area contributed by atoms with Crippen LogP contribution in [0.3, 0.4) is 0 Å². The van der Waals surface area contributed by atoms with E-state index < -0.39 is 0 Å². The van der Waals surface area contributed by atoms with Gasteiger partial charge in [-0.1, -0.05) is 175 Å². The van der Waals surface area contributed by atoms with E-state index in [4.69, 9.17) is 4.74 Å². The monoisotopic (exact) mass is 523 g/mol. The normalized spacial score (nSPS) is 12.1. The first-order valence-corrected chi connectivity index (χ1v) is 16.9. The average molecular weight is 523 g/mol. The number of unbranched alkanes of at least 4 members (excludes halogenated alkanes) is 22. The summed E-state index contributed by atoms with van der Waals surface area (Å²) in [5.41, 5.74) is 0. The number of rotatable bonds is 29. The van der Waals surface area contributed by atoms with Crippen LogP contribution in [0.1, 0.15) is 201 Å². The zero-order valence-electron chi connectivity index (χ0n) is 25.6. The van der Waals surface area contributed by atoms with E-state index in [9.17, 15) is 9.59 Å². The number of ether oxygens (including phenoxy) is 1. The molecule has 3 nitrogen and oxygen atoms in total. The second-order valence-electron chi connectivity index (χ2n) is 11.6. The molecule has 220 valence electrons. The number of hydrogen-bond acceptors (Lipinski definition) is 3. The predicted molar refractivity (Wildman–Crippen MR) is 161 cm³/mol. The van der Waals surface area contributed by atoms with Crippen molar-refractivity contribution in [3.63, 3.8) is 0 Å². The second kappa shape index (κ2) is 29.7. The molecule has 3 heteroatoms. The molecule has 37 heavy (non-hydrogen) atoms. The number of hydrogen-bond donors (Lipinski definition) is 0. The summed E-state index contributed by atoms with van der Waals surface area (Å²) < 4.78 is 5.33. The van der Waals surface area contributed by atoms with Crippen LogP contribution in [0.15, 0.2) is 0 Å². The van der Waals surface area contributed by atoms with Crippen molar-refractivity contribution >= 4 is 11.9 Å². The number of esters is 2. The Balaban J connectivity index is 3.97. The van der Waals surface area contributed by atoms with Crippen LogP contribution in [0, 0.1) is 5.92 Å². The molecule has 0 saturated carbocycles. The van der Waals surface area contributed by atoms with Crippen molar-refractivity contribution in [1.82, 2.24) is 0 Å². The van der Waals surface area contributed by atoms with Gasteiger partial charge in [0.2, 0.25) is 0 Å². The lowest BCUT2D eigenvalue weighted by Crippen LogP contribution is -2.21. The van der Waals surface area contributed by atoms with Crippen LogP contribution < -0.4 is 0 Å². The van der Waals surface area contributed by atoms with E-state index in [1.165, 1.54) is 135 Å². The van der Waals surface area contributed by atoms with E-state index in [0.29, 0.717) is 6.42 Å². The minimum Gasteiger partial charge on any atom is -0.393 e. The molecule has 0 heterocycles. The molecular formula is C34H66O3. The molecule has 0 aromatic heterocycles. The maximum Gasteiger partial charge on any atom is 0.316 e. The third kappa shape index (κ3) is 26.5. The molecule has 0 aromatic carbocycles. The van der Waals surface area contributed by atoms with Crippen molar-refractivity contribution in [2.75, 3.05) is 0 Å². The largest absolute Gasteiger partial charge is 0.393 e. The second-order valence-corrected chi connectivity index (χ2v) is 11.6. The minimum absolute atomic E-state index is 0.0899. The average Bonchev–Trinajstić information content (AvgIpc) is 2.89. The number of carbonyl (C=O) groups is 2. The Kier molecular flexibility index (Phi) is 29.0. The Bertz CT molecular complexity index is 487. The van der Waals surface area contributed by atoms with Crippen LogP contribution in [0.25, 0.3) is 0 Å². The zero-order valence-corrected chi connectivity index (χ0v) is 25.6. The van der Waals surface area contributed by atoms with Gasteiger partial charge in [-0.25, -0.2) is 0 Å². The lowest BCUT2D eigenvalue weighted by molar-refractivity contribution is -0.163. The molecule has 0 amide bonds. The molecule has 0 rings (SSSR count). The summed E-state index contributed by atoms with van der Waals surface area (Å²) in [6.07, 6.45) is 33.7. The summed E-state index contributed by atoms with van der Waals surface area (Å²) in [6, 6.07) is 0. The van der Waals surface area contributed by atoms with Crippen LogP contribution in [0.4, 0.5) is 0 Å². The molecule has 0 radical (unpaired) electrons. The molecule has 0 fully saturated rings. The number of carbonyl (C=O) groups excluding carboxylic acids is 2. The van der Waals surface area contributed by atoms with E-state index in [1.807, 2.05) is 0 Å². The zero-order chi connectivity index (χ0) is 27.2. The van der Waals surface area contributed by atoms with Gasteiger partial charge in [0.15, 0.2) is 0 Å². The van der Waals surface area contributed by atoms with Gasteiger partial charge in [0.25, 0.3) is 0 Å². The fourth-order valence-corrected chi connectivity index (χ4v) is 5.26. The lowest BCUT2D eigenvalue weighted by Gasteiger charge is -2.15. The highest BCUT2D eigenvalue weighted by molar-refractivity contribution is 5.86. The fraction of sp³-hybridized carbons (Fsp3) is 0.941. The van der Waals surface area contributed by atoms with Gasteiger partial charge in [0.05, 0.1) is 5.92 Å². The fourth-order valence-electron chi connectivity index (χ4n) is 5.26. The Morgan fingerprint density at radius 2 is 0.730 bits per heavy atom. The van der Waals surface area contributed by atoms with E-state index in [-0.39, 0.29) is 17.9 Å². The minimum atomic E-state index is -0.302. The quantitative estimate of drug-likeness (QED) is 0.0557. The van der Waals surface area contributed by atoms with Crippen molar-refractivity contribution in [3.8, 4) is 0 Å². The summed E-state index contributed by atoms with van der Waals surface area (Å²) >= 11 is 0. The van der Waals surface area contributed by atoms with Gasteiger partial charge in [0, 0.05) is 6.42 Å². The maximum atomic E-state index is 12.8. The smallest absolute Gasteiger partial charge is 0.316 e. The van der Waals surface area contributed by atoms with Gasteiger partial charge in [-0.05, 0) is 19.3 Å². The maximum absolute atomic E-state index is 12.8. The van der Waals surface area contributed by atoms with Gasteiger partial charge < -0.3 is 4.74 Å². The summed E-state index contributed by atoms with van der Waals surface area (Å²) in [5, 5.41) is 0. The standard InChI is InChI=1S/C34H66O3/c1-4-7-10-13-15-16-17-18-19-20-22-25-28-31-33(35)37-34(36)32(29-26-23-12-9-6-3)30-27-24-21-14-11-8-5-2/h32H,4-31H2,1-3H3. The first-order chi connectivity index (χ1) is 18.2. The highest BCUT2D eigenvalue weighted by Gasteiger charge is 2.22. The Morgan fingerprint density at radius 1 is 0.432 bits per heavy atom. The van der Waals surface area contributed by atoms with Crippen LogP contribution in [-0.4, -0.2) is 11.9 Å². The van der Waals surface area contributed by atoms with Crippen LogP contribution in [0.2, 0.25) is 0 Å². The van der Waals surface area contributed by atoms with Crippen LogP contribution in [0.5, 0.6) is 0 Å². The Hall–Kier alpha value is -0.860. The third-order valence-corrected chi connectivity index (χ3v) is 7.84. The van der Waals surface area contributed by atoms with E-state index >= 15 is 0 Å². The van der Waals surface area contributed by atoms with Gasteiger partial charge in [-0.15, -0.1) is 0 Å². The van der Waals surface area contributed by atoms with E-state index in [0.717, 1.165) is 38.5 Å². The van der Waals surface area contributed by atoms with Gasteiger partial charge in [-0.3, -0.25) is 9.59 Å². The van der Waals surface area contributed by atoms with Crippen molar-refractivity contribution < 1.29 is 14.3 Å². The molecule has 0 aliphatic rings. The first-order valence-electron chi connectivity index (χ1n) is 16.9. The lowest BCUT2D eigenvalue weighted by atomic mass is 9.94. The SMILES string of the molecule is CCCCCCCCCCCCCCCC(=O)OC(=O)C(CCCCCCC)CCCCCCCCC. The van der Waals surface area contributed by atoms with Crippen LogP contribution in [-0.2, 0) is 14.3 Å². The van der Waals surface area contributed by atoms with E-state index in [2.05, 4.69) is 20.8 Å². The topological polar surface area (TPSA) is 43.4 Å².